The summed E-state index contributed by atoms with van der Waals surface area (Å²) in [7, 11) is 0. The summed E-state index contributed by atoms with van der Waals surface area (Å²) in [6.07, 6.45) is 5.09. The van der Waals surface area contributed by atoms with Gasteiger partial charge in [-0.15, -0.1) is 0 Å². The molecule has 1 spiro atoms. The predicted octanol–water partition coefficient (Wildman–Crippen LogP) is 2.62. The topological polar surface area (TPSA) is 84.4 Å². The maximum Gasteiger partial charge on any atom is 0.272 e. The molecule has 0 radical (unpaired) electrons. The molecular formula is C23H28N4O3. The van der Waals surface area contributed by atoms with Crippen LogP contribution >= 0.6 is 0 Å². The minimum atomic E-state index is -0.199. The molecule has 7 nitrogen and oxygen atoms in total. The molecule has 30 heavy (non-hydrogen) atoms. The predicted molar refractivity (Wildman–Crippen MR) is 112 cm³/mol. The quantitative estimate of drug-likeness (QED) is 0.841. The van der Waals surface area contributed by atoms with Crippen LogP contribution in [0.3, 0.4) is 0 Å². The Labute approximate surface area is 176 Å². The number of piperidine rings is 1. The van der Waals surface area contributed by atoms with E-state index in [9.17, 15) is 9.59 Å². The first-order valence-electron chi connectivity index (χ1n) is 10.6. The van der Waals surface area contributed by atoms with Crippen LogP contribution < -0.4 is 5.32 Å². The maximum absolute atomic E-state index is 12.8. The highest BCUT2D eigenvalue weighted by Crippen LogP contribution is 2.37. The SMILES string of the molecule is Cc1cccc(C(=O)N2CCC3(CC2)CC(CNC(=O)c2ccccn2)CCO3)n1. The number of hydrogen-bond donors (Lipinski definition) is 1. The maximum atomic E-state index is 12.8. The van der Waals surface area contributed by atoms with Crippen LogP contribution in [-0.2, 0) is 4.74 Å². The minimum Gasteiger partial charge on any atom is -0.375 e. The van der Waals surface area contributed by atoms with Crippen molar-refractivity contribution in [2.45, 2.75) is 38.2 Å². The average molecular weight is 409 g/mol. The fraction of sp³-hybridized carbons (Fsp3) is 0.478. The Morgan fingerprint density at radius 1 is 1.17 bits per heavy atom. The molecule has 158 valence electrons. The average Bonchev–Trinajstić information content (AvgIpc) is 2.78. The Balaban J connectivity index is 1.30. The molecule has 0 saturated carbocycles. The molecule has 2 aromatic rings. The number of ether oxygens (including phenoxy) is 1. The number of pyridine rings is 2. The van der Waals surface area contributed by atoms with Crippen molar-refractivity contribution in [3.05, 3.63) is 59.7 Å². The number of nitrogens with zero attached hydrogens (tertiary/aromatic N) is 3. The Bertz CT molecular complexity index is 894. The summed E-state index contributed by atoms with van der Waals surface area (Å²) in [6, 6.07) is 10.9. The highest BCUT2D eigenvalue weighted by molar-refractivity contribution is 5.92. The first-order valence-corrected chi connectivity index (χ1v) is 10.6. The number of likely N-dealkylation sites (tertiary alicyclic amines) is 1. The molecule has 1 atom stereocenters. The summed E-state index contributed by atoms with van der Waals surface area (Å²) in [5.74, 6) is 0.220. The zero-order chi connectivity index (χ0) is 21.0. The van der Waals surface area contributed by atoms with Gasteiger partial charge in [-0.3, -0.25) is 14.6 Å². The summed E-state index contributed by atoms with van der Waals surface area (Å²) in [5.41, 5.74) is 1.59. The number of carbonyl (C=O) groups excluding carboxylic acids is 2. The van der Waals surface area contributed by atoms with Gasteiger partial charge in [-0.25, -0.2) is 4.98 Å². The van der Waals surface area contributed by atoms with Crippen LogP contribution in [0.4, 0.5) is 0 Å². The molecular weight excluding hydrogens is 380 g/mol. The molecule has 7 heteroatoms. The largest absolute Gasteiger partial charge is 0.375 e. The second kappa shape index (κ2) is 8.92. The zero-order valence-corrected chi connectivity index (χ0v) is 17.3. The molecule has 2 saturated heterocycles. The Kier molecular flexibility index (Phi) is 6.08. The van der Waals surface area contributed by atoms with Crippen molar-refractivity contribution in [2.24, 2.45) is 5.92 Å². The summed E-state index contributed by atoms with van der Waals surface area (Å²) < 4.78 is 6.20. The molecule has 2 aromatic heterocycles. The highest BCUT2D eigenvalue weighted by atomic mass is 16.5. The van der Waals surface area contributed by atoms with Gasteiger partial charge in [-0.2, -0.15) is 0 Å². The molecule has 4 heterocycles. The van der Waals surface area contributed by atoms with E-state index < -0.39 is 0 Å². The van der Waals surface area contributed by atoms with Crippen LogP contribution in [0.5, 0.6) is 0 Å². The van der Waals surface area contributed by atoms with Crippen molar-refractivity contribution in [2.75, 3.05) is 26.2 Å². The van der Waals surface area contributed by atoms with E-state index >= 15 is 0 Å². The molecule has 2 amide bonds. The van der Waals surface area contributed by atoms with E-state index in [0.29, 0.717) is 43.5 Å². The van der Waals surface area contributed by atoms with Crippen LogP contribution in [0.2, 0.25) is 0 Å². The van der Waals surface area contributed by atoms with Crippen molar-refractivity contribution in [1.82, 2.24) is 20.2 Å². The van der Waals surface area contributed by atoms with E-state index in [1.807, 2.05) is 30.0 Å². The van der Waals surface area contributed by atoms with Crippen molar-refractivity contribution in [3.63, 3.8) is 0 Å². The summed E-state index contributed by atoms with van der Waals surface area (Å²) in [5, 5.41) is 3.01. The summed E-state index contributed by atoms with van der Waals surface area (Å²) in [4.78, 5) is 35.4. The van der Waals surface area contributed by atoms with Crippen LogP contribution in [-0.4, -0.2) is 58.5 Å². The second-order valence-electron chi connectivity index (χ2n) is 8.27. The number of aromatic nitrogens is 2. The smallest absolute Gasteiger partial charge is 0.272 e. The molecule has 2 aliphatic heterocycles. The monoisotopic (exact) mass is 408 g/mol. The van der Waals surface area contributed by atoms with Crippen molar-refractivity contribution in [1.29, 1.82) is 0 Å². The molecule has 0 aromatic carbocycles. The normalized spacial score (nSPS) is 20.7. The van der Waals surface area contributed by atoms with Crippen LogP contribution in [0, 0.1) is 12.8 Å². The van der Waals surface area contributed by atoms with Gasteiger partial charge in [0.15, 0.2) is 0 Å². The Hall–Kier alpha value is -2.80. The van der Waals surface area contributed by atoms with E-state index in [1.165, 1.54) is 0 Å². The number of hydrogen-bond acceptors (Lipinski definition) is 5. The van der Waals surface area contributed by atoms with Crippen LogP contribution in [0.15, 0.2) is 42.6 Å². The lowest BCUT2D eigenvalue weighted by Gasteiger charge is -2.46. The van der Waals surface area contributed by atoms with Crippen LogP contribution in [0.25, 0.3) is 0 Å². The van der Waals surface area contributed by atoms with Crippen LogP contribution in [0.1, 0.15) is 52.4 Å². The van der Waals surface area contributed by atoms with Gasteiger partial charge in [0.2, 0.25) is 0 Å². The third-order valence-corrected chi connectivity index (χ3v) is 6.11. The lowest BCUT2D eigenvalue weighted by atomic mass is 9.79. The highest BCUT2D eigenvalue weighted by Gasteiger charge is 2.41. The van der Waals surface area contributed by atoms with Gasteiger partial charge >= 0.3 is 0 Å². The van der Waals surface area contributed by atoms with Crippen molar-refractivity contribution < 1.29 is 14.3 Å². The lowest BCUT2D eigenvalue weighted by molar-refractivity contribution is -0.122. The molecule has 2 aliphatic rings. The van der Waals surface area contributed by atoms with Gasteiger partial charge in [-0.05, 0) is 62.8 Å². The van der Waals surface area contributed by atoms with Gasteiger partial charge in [0.05, 0.1) is 5.60 Å². The molecule has 4 rings (SSSR count). The van der Waals surface area contributed by atoms with Gasteiger partial charge in [-0.1, -0.05) is 12.1 Å². The van der Waals surface area contributed by atoms with Crippen molar-refractivity contribution >= 4 is 11.8 Å². The number of amides is 2. The summed E-state index contributed by atoms with van der Waals surface area (Å²) in [6.45, 7) is 4.54. The number of nitrogens with one attached hydrogen (secondary N) is 1. The standard InChI is InChI=1S/C23H28N4O3/c1-17-5-4-7-20(26-17)22(29)27-12-9-23(10-13-27)15-18(8-14-30-23)16-25-21(28)19-6-2-3-11-24-19/h2-7,11,18H,8-10,12-16H2,1H3,(H,25,28). The third kappa shape index (κ3) is 4.67. The molecule has 0 bridgehead atoms. The van der Waals surface area contributed by atoms with E-state index in [2.05, 4.69) is 15.3 Å². The van der Waals surface area contributed by atoms with Crippen molar-refractivity contribution in [3.8, 4) is 0 Å². The lowest BCUT2D eigenvalue weighted by Crippen LogP contribution is -2.52. The fourth-order valence-corrected chi connectivity index (χ4v) is 4.42. The van der Waals surface area contributed by atoms with E-state index in [-0.39, 0.29) is 17.4 Å². The van der Waals surface area contributed by atoms with E-state index in [1.54, 1.807) is 24.4 Å². The fourth-order valence-electron chi connectivity index (χ4n) is 4.42. The Morgan fingerprint density at radius 2 is 1.97 bits per heavy atom. The van der Waals surface area contributed by atoms with Gasteiger partial charge in [0, 0.05) is 38.1 Å². The van der Waals surface area contributed by atoms with Gasteiger partial charge < -0.3 is 15.0 Å². The minimum absolute atomic E-state index is 0.0106. The van der Waals surface area contributed by atoms with E-state index in [4.69, 9.17) is 4.74 Å². The molecule has 2 fully saturated rings. The third-order valence-electron chi connectivity index (χ3n) is 6.11. The first-order chi connectivity index (χ1) is 14.5. The second-order valence-corrected chi connectivity index (χ2v) is 8.27. The number of aryl methyl sites for hydroxylation is 1. The Morgan fingerprint density at radius 3 is 2.70 bits per heavy atom. The summed E-state index contributed by atoms with van der Waals surface area (Å²) >= 11 is 0. The van der Waals surface area contributed by atoms with Gasteiger partial charge in [0.1, 0.15) is 11.4 Å². The molecule has 0 aliphatic carbocycles. The zero-order valence-electron chi connectivity index (χ0n) is 17.3. The molecule has 1 unspecified atom stereocenters. The number of rotatable bonds is 4. The first kappa shape index (κ1) is 20.5. The number of carbonyl (C=O) groups is 2. The van der Waals surface area contributed by atoms with Gasteiger partial charge in [0.25, 0.3) is 11.8 Å². The molecule has 1 N–H and O–H groups in total. The van der Waals surface area contributed by atoms with E-state index in [0.717, 1.165) is 31.4 Å².